The minimum absolute atomic E-state index is 0.0923. The fraction of sp³-hybridized carbons (Fsp3) is 0.842. The Morgan fingerprint density at radius 2 is 1.23 bits per heavy atom. The van der Waals surface area contributed by atoms with E-state index >= 15 is 0 Å². The van der Waals surface area contributed by atoms with E-state index in [0.717, 1.165) is 25.7 Å². The number of hydrogen-bond donors (Lipinski definition) is 0. The van der Waals surface area contributed by atoms with Gasteiger partial charge < -0.3 is 4.74 Å². The van der Waals surface area contributed by atoms with Crippen LogP contribution in [0.25, 0.3) is 0 Å². The summed E-state index contributed by atoms with van der Waals surface area (Å²) in [6, 6.07) is 0. The smallest absolute Gasteiger partial charge is 0.305 e. The van der Waals surface area contributed by atoms with E-state index in [0.29, 0.717) is 6.42 Å². The van der Waals surface area contributed by atoms with Crippen LogP contribution in [-0.4, -0.2) is 19.8 Å². The second kappa shape index (κ2) is 18.2. The molecule has 0 aliphatic carbocycles. The molecule has 0 aliphatic rings. The number of halogens is 1. The molecule has 22 heavy (non-hydrogen) atoms. The van der Waals surface area contributed by atoms with Gasteiger partial charge >= 0.3 is 5.97 Å². The normalized spacial score (nSPS) is 11.2. The maximum absolute atomic E-state index is 11.9. The summed E-state index contributed by atoms with van der Waals surface area (Å²) in [4.78, 5) is 10.9. The summed E-state index contributed by atoms with van der Waals surface area (Å²) in [6.07, 6.45) is 20.1. The topological polar surface area (TPSA) is 26.3 Å². The molecule has 0 spiro atoms. The first kappa shape index (κ1) is 21.1. The number of unbranched alkanes of at least 4 members (excludes halogenated alkanes) is 11. The fourth-order valence-corrected chi connectivity index (χ4v) is 2.46. The lowest BCUT2D eigenvalue weighted by Gasteiger charge is -2.00. The molecular formula is C19H35FO2. The Balaban J connectivity index is 3.10. The number of esters is 1. The minimum atomic E-state index is -0.159. The Morgan fingerprint density at radius 3 is 1.73 bits per heavy atom. The molecule has 0 unspecified atom stereocenters. The number of allylic oxidation sites excluding steroid dienone is 2. The third kappa shape index (κ3) is 17.2. The highest BCUT2D eigenvalue weighted by Gasteiger charge is 1.98. The van der Waals surface area contributed by atoms with Crippen molar-refractivity contribution in [3.8, 4) is 0 Å². The van der Waals surface area contributed by atoms with E-state index in [1.807, 2.05) is 0 Å². The molecule has 0 radical (unpaired) electrons. The average Bonchev–Trinajstić information content (AvgIpc) is 2.54. The molecule has 130 valence electrons. The molecule has 0 amide bonds. The largest absolute Gasteiger partial charge is 0.469 e. The van der Waals surface area contributed by atoms with Gasteiger partial charge in [0.25, 0.3) is 0 Å². The third-order valence-corrected chi connectivity index (χ3v) is 3.90. The lowest BCUT2D eigenvalue weighted by atomic mass is 10.1. The van der Waals surface area contributed by atoms with Crippen LogP contribution in [0.1, 0.15) is 89.9 Å². The van der Waals surface area contributed by atoms with Gasteiger partial charge in [-0.05, 0) is 38.5 Å². The Morgan fingerprint density at radius 1 is 0.773 bits per heavy atom. The number of alkyl halides is 1. The SMILES string of the molecule is COC(=O)CCCCCCCC=CCCCCCCCCF. The van der Waals surface area contributed by atoms with Crippen LogP contribution in [0.15, 0.2) is 12.2 Å². The van der Waals surface area contributed by atoms with Crippen LogP contribution >= 0.6 is 0 Å². The zero-order chi connectivity index (χ0) is 16.3. The zero-order valence-electron chi connectivity index (χ0n) is 14.5. The number of ether oxygens (including phenoxy) is 1. The van der Waals surface area contributed by atoms with Gasteiger partial charge in [-0.25, -0.2) is 0 Å². The van der Waals surface area contributed by atoms with E-state index in [1.165, 1.54) is 64.9 Å². The molecule has 0 atom stereocenters. The molecule has 0 heterocycles. The summed E-state index contributed by atoms with van der Waals surface area (Å²) in [5, 5.41) is 0. The molecule has 0 saturated carbocycles. The Kier molecular flexibility index (Phi) is 17.5. The van der Waals surface area contributed by atoms with E-state index in [1.54, 1.807) is 0 Å². The van der Waals surface area contributed by atoms with Gasteiger partial charge in [0, 0.05) is 6.42 Å². The number of methoxy groups -OCH3 is 1. The first-order valence-corrected chi connectivity index (χ1v) is 9.09. The minimum Gasteiger partial charge on any atom is -0.469 e. The van der Waals surface area contributed by atoms with Crippen LogP contribution < -0.4 is 0 Å². The quantitative estimate of drug-likeness (QED) is 0.194. The Bertz CT molecular complexity index is 264. The van der Waals surface area contributed by atoms with Crippen LogP contribution in [-0.2, 0) is 9.53 Å². The third-order valence-electron chi connectivity index (χ3n) is 3.90. The van der Waals surface area contributed by atoms with E-state index in [4.69, 9.17) is 0 Å². The number of hydrogen-bond acceptors (Lipinski definition) is 2. The molecule has 0 rings (SSSR count). The molecule has 0 aromatic rings. The monoisotopic (exact) mass is 314 g/mol. The molecule has 0 N–H and O–H groups in total. The van der Waals surface area contributed by atoms with Gasteiger partial charge in [0.05, 0.1) is 13.8 Å². The molecule has 3 heteroatoms. The lowest BCUT2D eigenvalue weighted by Crippen LogP contribution is -1.98. The molecule has 0 aromatic heterocycles. The zero-order valence-corrected chi connectivity index (χ0v) is 14.5. The molecular weight excluding hydrogens is 279 g/mol. The van der Waals surface area contributed by atoms with E-state index in [-0.39, 0.29) is 12.6 Å². The van der Waals surface area contributed by atoms with Crippen molar-refractivity contribution in [1.82, 2.24) is 0 Å². The van der Waals surface area contributed by atoms with Crippen molar-refractivity contribution < 1.29 is 13.9 Å². The molecule has 0 aliphatic heterocycles. The Hall–Kier alpha value is -0.860. The highest BCUT2D eigenvalue weighted by Crippen LogP contribution is 2.10. The van der Waals surface area contributed by atoms with Crippen molar-refractivity contribution in [2.45, 2.75) is 89.9 Å². The van der Waals surface area contributed by atoms with E-state index < -0.39 is 0 Å². The molecule has 0 fully saturated rings. The first-order chi connectivity index (χ1) is 10.8. The van der Waals surface area contributed by atoms with Crippen molar-refractivity contribution in [3.05, 3.63) is 12.2 Å². The van der Waals surface area contributed by atoms with Gasteiger partial charge in [-0.15, -0.1) is 0 Å². The summed E-state index contributed by atoms with van der Waals surface area (Å²) >= 11 is 0. The van der Waals surface area contributed by atoms with E-state index in [2.05, 4.69) is 16.9 Å². The van der Waals surface area contributed by atoms with Gasteiger partial charge in [0.1, 0.15) is 0 Å². The van der Waals surface area contributed by atoms with Crippen molar-refractivity contribution in [3.63, 3.8) is 0 Å². The van der Waals surface area contributed by atoms with E-state index in [9.17, 15) is 9.18 Å². The molecule has 0 bridgehead atoms. The van der Waals surface area contributed by atoms with Crippen LogP contribution in [0.3, 0.4) is 0 Å². The lowest BCUT2D eigenvalue weighted by molar-refractivity contribution is -0.140. The summed E-state index contributed by atoms with van der Waals surface area (Å²) in [6.45, 7) is -0.159. The van der Waals surface area contributed by atoms with Crippen LogP contribution in [0.2, 0.25) is 0 Å². The predicted octanol–water partition coefficient (Wildman–Crippen LogP) is 6.15. The molecule has 0 saturated heterocycles. The summed E-state index contributed by atoms with van der Waals surface area (Å²) in [7, 11) is 1.45. The van der Waals surface area contributed by atoms with Gasteiger partial charge in [0.2, 0.25) is 0 Å². The summed E-state index contributed by atoms with van der Waals surface area (Å²) in [5.41, 5.74) is 0. The average molecular weight is 314 g/mol. The number of carbonyl (C=O) groups excluding carboxylic acids is 1. The van der Waals surface area contributed by atoms with Crippen molar-refractivity contribution in [1.29, 1.82) is 0 Å². The van der Waals surface area contributed by atoms with Crippen LogP contribution in [0, 0.1) is 0 Å². The van der Waals surface area contributed by atoms with Crippen molar-refractivity contribution in [2.75, 3.05) is 13.8 Å². The van der Waals surface area contributed by atoms with Crippen LogP contribution in [0.5, 0.6) is 0 Å². The maximum Gasteiger partial charge on any atom is 0.305 e. The van der Waals surface area contributed by atoms with Crippen molar-refractivity contribution in [2.24, 2.45) is 0 Å². The predicted molar refractivity (Wildman–Crippen MR) is 91.8 cm³/mol. The highest BCUT2D eigenvalue weighted by atomic mass is 19.1. The Labute approximate surface area is 136 Å². The standard InChI is InChI=1S/C19H35FO2/c1-22-19(21)17-15-13-11-9-7-5-3-2-4-6-8-10-12-14-16-18-20/h2-3H,4-18H2,1H3. The van der Waals surface area contributed by atoms with Gasteiger partial charge in [-0.1, -0.05) is 57.1 Å². The van der Waals surface area contributed by atoms with Gasteiger partial charge in [-0.3, -0.25) is 9.18 Å². The number of rotatable bonds is 16. The maximum atomic E-state index is 11.9. The first-order valence-electron chi connectivity index (χ1n) is 9.09. The fourth-order valence-electron chi connectivity index (χ4n) is 2.46. The highest BCUT2D eigenvalue weighted by molar-refractivity contribution is 5.68. The van der Waals surface area contributed by atoms with Crippen molar-refractivity contribution >= 4 is 5.97 Å². The van der Waals surface area contributed by atoms with Gasteiger partial charge in [0.15, 0.2) is 0 Å². The second-order valence-corrected chi connectivity index (χ2v) is 5.95. The number of carbonyl (C=O) groups is 1. The van der Waals surface area contributed by atoms with Crippen LogP contribution in [0.4, 0.5) is 4.39 Å². The van der Waals surface area contributed by atoms with Gasteiger partial charge in [-0.2, -0.15) is 0 Å². The summed E-state index contributed by atoms with van der Waals surface area (Å²) in [5.74, 6) is -0.0923. The summed E-state index contributed by atoms with van der Waals surface area (Å²) < 4.78 is 16.5. The second-order valence-electron chi connectivity index (χ2n) is 5.95. The molecule has 0 aromatic carbocycles. The molecule has 2 nitrogen and oxygen atoms in total.